The molecule has 7 aromatic carbocycles. The molecule has 0 atom stereocenters. The maximum absolute atomic E-state index is 6.37. The van der Waals surface area contributed by atoms with E-state index in [4.69, 9.17) is 19.4 Å². The van der Waals surface area contributed by atoms with E-state index in [1.54, 1.807) is 6.33 Å². The lowest BCUT2D eigenvalue weighted by atomic mass is 10.0. The maximum Gasteiger partial charge on any atom is 0.235 e. The van der Waals surface area contributed by atoms with Gasteiger partial charge in [0.1, 0.15) is 17.5 Å². The van der Waals surface area contributed by atoms with Crippen molar-refractivity contribution in [2.24, 2.45) is 0 Å². The van der Waals surface area contributed by atoms with Crippen LogP contribution in [-0.4, -0.2) is 32.6 Å². The Labute approximate surface area is 329 Å². The van der Waals surface area contributed by atoms with Crippen molar-refractivity contribution < 1.29 is 4.42 Å². The molecule has 0 N–H and O–H groups in total. The summed E-state index contributed by atoms with van der Waals surface area (Å²) in [7, 11) is -2.82. The van der Waals surface area contributed by atoms with E-state index in [0.717, 1.165) is 66.4 Å². The molecule has 0 radical (unpaired) electrons. The summed E-state index contributed by atoms with van der Waals surface area (Å²) in [5, 5.41) is 8.28. The molecule has 0 aliphatic carbocycles. The molecule has 0 saturated carbocycles. The van der Waals surface area contributed by atoms with Crippen molar-refractivity contribution >= 4 is 72.7 Å². The van der Waals surface area contributed by atoms with Crippen LogP contribution < -0.4 is 20.7 Å². The minimum absolute atomic E-state index is 0.538. The van der Waals surface area contributed by atoms with Gasteiger partial charge in [-0.05, 0) is 45.0 Å². The van der Waals surface area contributed by atoms with E-state index in [1.165, 1.54) is 20.7 Å². The zero-order valence-corrected chi connectivity index (χ0v) is 31.7. The fraction of sp³-hybridized carbons (Fsp3) is 0. The van der Waals surface area contributed by atoms with Gasteiger partial charge < -0.3 is 4.42 Å². The number of hydrogen-bond acceptors (Lipinski definition) is 5. The normalized spacial score (nSPS) is 11.9. The second-order valence-corrected chi connectivity index (χ2v) is 18.1. The van der Waals surface area contributed by atoms with Crippen LogP contribution in [0.3, 0.4) is 0 Å². The van der Waals surface area contributed by atoms with E-state index in [-0.39, 0.29) is 0 Å². The van der Waals surface area contributed by atoms with Crippen molar-refractivity contribution in [3.63, 3.8) is 0 Å². The Hall–Kier alpha value is -7.48. The zero-order valence-electron chi connectivity index (χ0n) is 30.7. The molecule has 7 heteroatoms. The molecule has 0 fully saturated rings. The molecular weight excluding hydrogens is 715 g/mol. The van der Waals surface area contributed by atoms with Gasteiger partial charge in [-0.2, -0.15) is 0 Å². The highest BCUT2D eigenvalue weighted by Crippen LogP contribution is 2.38. The van der Waals surface area contributed by atoms with Crippen molar-refractivity contribution in [1.29, 1.82) is 0 Å². The van der Waals surface area contributed by atoms with Crippen LogP contribution in [-0.2, 0) is 0 Å². The molecule has 6 nitrogen and oxygen atoms in total. The summed E-state index contributed by atoms with van der Waals surface area (Å²) in [6.07, 6.45) is 3.45. The highest BCUT2D eigenvalue weighted by atomic mass is 28.3. The number of benzene rings is 7. The van der Waals surface area contributed by atoms with Crippen molar-refractivity contribution in [2.75, 3.05) is 0 Å². The predicted molar refractivity (Wildman–Crippen MR) is 234 cm³/mol. The van der Waals surface area contributed by atoms with E-state index in [0.29, 0.717) is 5.95 Å². The lowest BCUT2D eigenvalue weighted by molar-refractivity contribution is 0.669. The lowest BCUT2D eigenvalue weighted by Crippen LogP contribution is -2.74. The molecular formula is C50H33N5OSi. The Morgan fingerprint density at radius 1 is 0.474 bits per heavy atom. The van der Waals surface area contributed by atoms with Crippen LogP contribution in [0.4, 0.5) is 0 Å². The molecule has 0 unspecified atom stereocenters. The molecule has 11 rings (SSSR count). The summed E-state index contributed by atoms with van der Waals surface area (Å²) in [5.74, 6) is 0.538. The highest BCUT2D eigenvalue weighted by molar-refractivity contribution is 7.19. The van der Waals surface area contributed by atoms with Crippen LogP contribution in [0.25, 0.3) is 72.3 Å². The fourth-order valence-electron chi connectivity index (χ4n) is 8.69. The molecule has 0 amide bonds. The van der Waals surface area contributed by atoms with Gasteiger partial charge in [0.25, 0.3) is 0 Å². The highest BCUT2D eigenvalue weighted by Gasteiger charge is 2.41. The summed E-state index contributed by atoms with van der Waals surface area (Å²) in [6, 6.07) is 66.8. The minimum atomic E-state index is -2.82. The van der Waals surface area contributed by atoms with Crippen molar-refractivity contribution in [3.05, 3.63) is 201 Å². The number of para-hydroxylation sites is 2. The monoisotopic (exact) mass is 747 g/mol. The van der Waals surface area contributed by atoms with Gasteiger partial charge >= 0.3 is 0 Å². The molecule has 11 aromatic rings. The summed E-state index contributed by atoms with van der Waals surface area (Å²) in [5.41, 5.74) is 7.87. The largest absolute Gasteiger partial charge is 0.456 e. The van der Waals surface area contributed by atoms with E-state index in [9.17, 15) is 0 Å². The van der Waals surface area contributed by atoms with Crippen LogP contribution in [0.15, 0.2) is 205 Å². The van der Waals surface area contributed by atoms with Crippen molar-refractivity contribution in [2.45, 2.75) is 0 Å². The van der Waals surface area contributed by atoms with Gasteiger partial charge in [-0.15, -0.1) is 0 Å². The predicted octanol–water partition coefficient (Wildman–Crippen LogP) is 8.97. The second-order valence-electron chi connectivity index (χ2n) is 14.3. The first-order valence-electron chi connectivity index (χ1n) is 19.0. The number of nitrogens with zero attached hydrogens (tertiary/aromatic N) is 5. The number of furan rings is 1. The number of rotatable bonds is 7. The van der Waals surface area contributed by atoms with Gasteiger partial charge in [0.2, 0.25) is 5.95 Å². The smallest absolute Gasteiger partial charge is 0.235 e. The average molecular weight is 748 g/mol. The summed E-state index contributed by atoms with van der Waals surface area (Å²) in [6.45, 7) is 0. The number of hydrogen-bond donors (Lipinski definition) is 0. The Kier molecular flexibility index (Phi) is 7.72. The molecule has 0 bridgehead atoms. The van der Waals surface area contributed by atoms with Crippen LogP contribution in [0.2, 0.25) is 0 Å². The molecule has 268 valence electrons. The first kappa shape index (κ1) is 32.9. The Balaban J connectivity index is 1.21. The summed E-state index contributed by atoms with van der Waals surface area (Å²) >= 11 is 0. The quantitative estimate of drug-likeness (QED) is 0.120. The van der Waals surface area contributed by atoms with Gasteiger partial charge in [-0.1, -0.05) is 164 Å². The van der Waals surface area contributed by atoms with Gasteiger partial charge in [0.05, 0.1) is 34.1 Å². The van der Waals surface area contributed by atoms with Crippen LogP contribution in [0.5, 0.6) is 0 Å². The third-order valence-electron chi connectivity index (χ3n) is 11.1. The van der Waals surface area contributed by atoms with Crippen molar-refractivity contribution in [3.8, 4) is 28.5 Å². The Morgan fingerprint density at radius 2 is 1.07 bits per heavy atom. The molecule has 0 saturated heterocycles. The van der Waals surface area contributed by atoms with E-state index >= 15 is 0 Å². The fourth-order valence-corrected chi connectivity index (χ4v) is 13.5. The van der Waals surface area contributed by atoms with Crippen LogP contribution in [0, 0.1) is 0 Å². The van der Waals surface area contributed by atoms with E-state index in [1.807, 2.05) is 42.6 Å². The standard InChI is InChI=1S/C50H33N5OSi/c1-4-17-35(18-5-1)57(36-19-6-2-7-20-36,37-21-8-3-9-22-37)38-23-14-16-34(30-38)42-31-43(39-26-15-29-47-48(39)41-25-11-13-28-46(41)56-47)54-50(53-42)55-44-27-12-10-24-40(44)49-45(55)32-51-33-52-49/h1-33H. The Bertz CT molecular complexity index is 3100. The topological polar surface area (TPSA) is 69.6 Å². The summed E-state index contributed by atoms with van der Waals surface area (Å²) < 4.78 is 8.46. The molecule has 57 heavy (non-hydrogen) atoms. The van der Waals surface area contributed by atoms with Crippen LogP contribution in [0.1, 0.15) is 0 Å². The average Bonchev–Trinajstić information content (AvgIpc) is 3.84. The minimum Gasteiger partial charge on any atom is -0.456 e. The van der Waals surface area contributed by atoms with Gasteiger partial charge in [-0.25, -0.2) is 19.9 Å². The first-order chi connectivity index (χ1) is 28.3. The van der Waals surface area contributed by atoms with Crippen LogP contribution >= 0.6 is 0 Å². The molecule has 0 aliphatic heterocycles. The first-order valence-corrected chi connectivity index (χ1v) is 21.0. The zero-order chi connectivity index (χ0) is 37.8. The molecule has 0 aliphatic rings. The second kappa shape index (κ2) is 13.4. The molecule has 0 spiro atoms. The number of fused-ring (bicyclic) bond motifs is 6. The molecule has 4 heterocycles. The van der Waals surface area contributed by atoms with Gasteiger partial charge in [0, 0.05) is 27.3 Å². The third-order valence-corrected chi connectivity index (χ3v) is 15.9. The van der Waals surface area contributed by atoms with E-state index in [2.05, 4.69) is 161 Å². The Morgan fingerprint density at radius 3 is 1.81 bits per heavy atom. The summed E-state index contributed by atoms with van der Waals surface area (Å²) in [4.78, 5) is 20.0. The lowest BCUT2D eigenvalue weighted by Gasteiger charge is -2.34. The third kappa shape index (κ3) is 5.24. The number of aromatic nitrogens is 5. The van der Waals surface area contributed by atoms with Crippen molar-refractivity contribution in [1.82, 2.24) is 24.5 Å². The van der Waals surface area contributed by atoms with Gasteiger partial charge in [0.15, 0.2) is 8.07 Å². The molecule has 4 aromatic heterocycles. The van der Waals surface area contributed by atoms with E-state index < -0.39 is 8.07 Å². The maximum atomic E-state index is 6.37. The SMILES string of the molecule is c1ccc([Si](c2ccccc2)(c2ccccc2)c2cccc(-c3cc(-c4cccc5oc6ccccc6c45)nc(-n4c5ccccc5c5ncncc54)n3)c2)cc1. The van der Waals surface area contributed by atoms with Gasteiger partial charge in [-0.3, -0.25) is 4.57 Å².